The van der Waals surface area contributed by atoms with Crippen LogP contribution in [0.1, 0.15) is 27.0 Å². The van der Waals surface area contributed by atoms with Crippen molar-refractivity contribution in [1.29, 1.82) is 0 Å². The van der Waals surface area contributed by atoms with Crippen molar-refractivity contribution in [2.24, 2.45) is 0 Å². The first kappa shape index (κ1) is 21.0. The van der Waals surface area contributed by atoms with Crippen molar-refractivity contribution < 1.29 is 13.2 Å². The van der Waals surface area contributed by atoms with Crippen LogP contribution in [0.5, 0.6) is 0 Å². The molecule has 0 aliphatic rings. The fourth-order valence-corrected chi connectivity index (χ4v) is 4.10. The van der Waals surface area contributed by atoms with E-state index in [4.69, 9.17) is 11.6 Å². The van der Waals surface area contributed by atoms with Gasteiger partial charge in [-0.15, -0.1) is 0 Å². The summed E-state index contributed by atoms with van der Waals surface area (Å²) in [5, 5.41) is 3.40. The summed E-state index contributed by atoms with van der Waals surface area (Å²) in [6.45, 7) is 3.77. The van der Waals surface area contributed by atoms with Gasteiger partial charge in [0.1, 0.15) is 0 Å². The van der Waals surface area contributed by atoms with E-state index in [1.54, 1.807) is 31.2 Å². The Labute approximate surface area is 175 Å². The highest BCUT2D eigenvalue weighted by atomic mass is 35.5. The Morgan fingerprint density at radius 1 is 0.931 bits per heavy atom. The molecule has 150 valence electrons. The summed E-state index contributed by atoms with van der Waals surface area (Å²) in [4.78, 5) is 12.8. The number of amides is 1. The smallest absolute Gasteiger partial charge is 0.255 e. The molecule has 3 rings (SSSR count). The van der Waals surface area contributed by atoms with Crippen molar-refractivity contribution in [1.82, 2.24) is 4.72 Å². The monoisotopic (exact) mass is 428 g/mol. The number of benzene rings is 3. The molecule has 0 saturated carbocycles. The third-order valence-corrected chi connectivity index (χ3v) is 6.14. The Morgan fingerprint density at radius 3 is 2.34 bits per heavy atom. The second-order valence-corrected chi connectivity index (χ2v) is 8.90. The lowest BCUT2D eigenvalue weighted by Gasteiger charge is -2.12. The molecule has 29 heavy (non-hydrogen) atoms. The first-order valence-electron chi connectivity index (χ1n) is 8.98. The van der Waals surface area contributed by atoms with Gasteiger partial charge in [0.25, 0.3) is 5.91 Å². The molecule has 0 aliphatic carbocycles. The Morgan fingerprint density at radius 2 is 1.66 bits per heavy atom. The topological polar surface area (TPSA) is 75.3 Å². The van der Waals surface area contributed by atoms with Gasteiger partial charge < -0.3 is 5.32 Å². The van der Waals surface area contributed by atoms with Crippen LogP contribution in [0, 0.1) is 13.8 Å². The van der Waals surface area contributed by atoms with Crippen LogP contribution in [0.4, 0.5) is 5.69 Å². The number of carbonyl (C=O) groups is 1. The van der Waals surface area contributed by atoms with E-state index < -0.39 is 10.0 Å². The highest BCUT2D eigenvalue weighted by Gasteiger charge is 2.18. The second-order valence-electron chi connectivity index (χ2n) is 6.70. The minimum atomic E-state index is -3.77. The fourth-order valence-electron chi connectivity index (χ4n) is 2.83. The largest absolute Gasteiger partial charge is 0.322 e. The molecule has 0 fully saturated rings. The maximum atomic E-state index is 12.8. The molecular formula is C22H21ClN2O3S. The van der Waals surface area contributed by atoms with Gasteiger partial charge in [-0.3, -0.25) is 4.79 Å². The van der Waals surface area contributed by atoms with Gasteiger partial charge in [0, 0.05) is 22.8 Å². The first-order valence-corrected chi connectivity index (χ1v) is 10.8. The summed E-state index contributed by atoms with van der Waals surface area (Å²) in [5.74, 6) is -0.381. The molecular weight excluding hydrogens is 408 g/mol. The number of hydrogen-bond donors (Lipinski definition) is 2. The number of aryl methyl sites for hydroxylation is 2. The number of sulfonamides is 1. The summed E-state index contributed by atoms with van der Waals surface area (Å²) in [6.07, 6.45) is 0. The Balaban J connectivity index is 1.82. The quantitative estimate of drug-likeness (QED) is 0.598. The van der Waals surface area contributed by atoms with Crippen molar-refractivity contribution in [2.75, 3.05) is 5.32 Å². The molecule has 0 unspecified atom stereocenters. The van der Waals surface area contributed by atoms with Gasteiger partial charge in [0.15, 0.2) is 0 Å². The number of hydrogen-bond acceptors (Lipinski definition) is 3. The van der Waals surface area contributed by atoms with E-state index in [1.165, 1.54) is 12.1 Å². The third-order valence-electron chi connectivity index (χ3n) is 4.51. The number of rotatable bonds is 6. The molecule has 0 saturated heterocycles. The highest BCUT2D eigenvalue weighted by molar-refractivity contribution is 7.89. The van der Waals surface area contributed by atoms with Crippen molar-refractivity contribution in [3.63, 3.8) is 0 Å². The van der Waals surface area contributed by atoms with E-state index in [1.807, 2.05) is 37.3 Å². The maximum absolute atomic E-state index is 12.8. The molecule has 0 bridgehead atoms. The summed E-state index contributed by atoms with van der Waals surface area (Å²) in [6, 6.07) is 18.9. The molecule has 0 aromatic heterocycles. The van der Waals surface area contributed by atoms with E-state index in [0.29, 0.717) is 21.8 Å². The van der Waals surface area contributed by atoms with E-state index in [2.05, 4.69) is 10.0 Å². The van der Waals surface area contributed by atoms with Crippen LogP contribution in [0.25, 0.3) is 0 Å². The van der Waals surface area contributed by atoms with E-state index in [-0.39, 0.29) is 17.3 Å². The Kier molecular flexibility index (Phi) is 6.37. The van der Waals surface area contributed by atoms with Gasteiger partial charge in [-0.05, 0) is 60.9 Å². The summed E-state index contributed by atoms with van der Waals surface area (Å²) in [7, 11) is -3.77. The summed E-state index contributed by atoms with van der Waals surface area (Å²) >= 11 is 5.95. The fraction of sp³-hybridized carbons (Fsp3) is 0.136. The van der Waals surface area contributed by atoms with Crippen LogP contribution in [-0.4, -0.2) is 14.3 Å². The zero-order chi connectivity index (χ0) is 21.0. The molecule has 3 aromatic rings. The number of carbonyl (C=O) groups excluding carboxylic acids is 1. The van der Waals surface area contributed by atoms with Crippen LogP contribution in [-0.2, 0) is 16.6 Å². The lowest BCUT2D eigenvalue weighted by Crippen LogP contribution is -2.24. The van der Waals surface area contributed by atoms with Gasteiger partial charge in [-0.25, -0.2) is 13.1 Å². The predicted molar refractivity (Wildman–Crippen MR) is 116 cm³/mol. The lowest BCUT2D eigenvalue weighted by atomic mass is 10.1. The summed E-state index contributed by atoms with van der Waals surface area (Å²) in [5.41, 5.74) is 3.25. The van der Waals surface area contributed by atoms with Crippen molar-refractivity contribution in [2.45, 2.75) is 25.3 Å². The maximum Gasteiger partial charge on any atom is 0.255 e. The third kappa shape index (κ3) is 5.23. The van der Waals surface area contributed by atoms with E-state index in [9.17, 15) is 13.2 Å². The van der Waals surface area contributed by atoms with E-state index >= 15 is 0 Å². The van der Waals surface area contributed by atoms with Crippen LogP contribution in [0.15, 0.2) is 71.6 Å². The predicted octanol–water partition coefficient (Wildman–Crippen LogP) is 4.69. The molecule has 0 radical (unpaired) electrons. The zero-order valence-electron chi connectivity index (χ0n) is 16.1. The molecule has 0 heterocycles. The Hall–Kier alpha value is -2.67. The van der Waals surface area contributed by atoms with Crippen LogP contribution in [0.2, 0.25) is 5.02 Å². The van der Waals surface area contributed by atoms with Gasteiger partial charge in [-0.1, -0.05) is 48.0 Å². The van der Waals surface area contributed by atoms with Gasteiger partial charge in [0.2, 0.25) is 10.0 Å². The van der Waals surface area contributed by atoms with E-state index in [0.717, 1.165) is 11.1 Å². The number of halogens is 1. The normalized spacial score (nSPS) is 11.3. The van der Waals surface area contributed by atoms with Crippen molar-refractivity contribution >= 4 is 33.2 Å². The molecule has 0 atom stereocenters. The molecule has 3 aromatic carbocycles. The lowest BCUT2D eigenvalue weighted by molar-refractivity contribution is 0.102. The SMILES string of the molecule is Cc1cc(Cl)ccc1NC(=O)c1cc(S(=O)(=O)NCc2ccccc2)ccc1C. The molecule has 7 heteroatoms. The van der Waals surface area contributed by atoms with Crippen LogP contribution < -0.4 is 10.0 Å². The molecule has 0 aliphatic heterocycles. The molecule has 0 spiro atoms. The zero-order valence-corrected chi connectivity index (χ0v) is 17.6. The first-order chi connectivity index (χ1) is 13.8. The minimum Gasteiger partial charge on any atom is -0.322 e. The summed E-state index contributed by atoms with van der Waals surface area (Å²) < 4.78 is 27.9. The average molecular weight is 429 g/mol. The molecule has 2 N–H and O–H groups in total. The Bertz CT molecular complexity index is 1150. The van der Waals surface area contributed by atoms with Gasteiger partial charge in [-0.2, -0.15) is 0 Å². The van der Waals surface area contributed by atoms with Gasteiger partial charge in [0.05, 0.1) is 4.90 Å². The number of anilines is 1. The van der Waals surface area contributed by atoms with Crippen LogP contribution >= 0.6 is 11.6 Å². The molecule has 5 nitrogen and oxygen atoms in total. The second kappa shape index (κ2) is 8.78. The average Bonchev–Trinajstić information content (AvgIpc) is 2.69. The number of nitrogens with one attached hydrogen (secondary N) is 2. The van der Waals surface area contributed by atoms with Crippen LogP contribution in [0.3, 0.4) is 0 Å². The standard InChI is InChI=1S/C22H21ClN2O3S/c1-15-8-10-19(29(27,28)24-14-17-6-4-3-5-7-17)13-20(15)22(26)25-21-11-9-18(23)12-16(21)2/h3-13,24H,14H2,1-2H3,(H,25,26). The van der Waals surface area contributed by atoms with Crippen molar-refractivity contribution in [3.8, 4) is 0 Å². The van der Waals surface area contributed by atoms with Crippen molar-refractivity contribution in [3.05, 3.63) is 94.0 Å². The highest BCUT2D eigenvalue weighted by Crippen LogP contribution is 2.22. The minimum absolute atomic E-state index is 0.0389. The van der Waals surface area contributed by atoms with Gasteiger partial charge >= 0.3 is 0 Å². The molecule has 1 amide bonds.